The number of nitrogens with two attached hydrogens (primary N) is 1. The monoisotopic (exact) mass is 360 g/mol. The SMILES string of the molecule is CC1(OC[C@@H]2C=C[C@H](c3cnc4c(N)nccn34)O2)OC(=O)C(C)(C)O1. The second-order valence-electron chi connectivity index (χ2n) is 6.84. The molecule has 3 atom stereocenters. The van der Waals surface area contributed by atoms with Gasteiger partial charge in [-0.25, -0.2) is 14.8 Å². The minimum absolute atomic E-state index is 0.174. The number of ether oxygens (including phenoxy) is 4. The Morgan fingerprint density at radius 3 is 2.85 bits per heavy atom. The summed E-state index contributed by atoms with van der Waals surface area (Å²) in [5.41, 5.74) is 6.22. The molecule has 138 valence electrons. The second kappa shape index (κ2) is 5.76. The molecule has 2 aromatic rings. The number of nitrogen functional groups attached to an aromatic ring is 1. The molecule has 1 unspecified atom stereocenters. The Bertz CT molecular complexity index is 892. The van der Waals surface area contributed by atoms with Gasteiger partial charge in [0.1, 0.15) is 12.2 Å². The number of anilines is 1. The molecule has 2 aliphatic heterocycles. The van der Waals surface area contributed by atoms with Crippen LogP contribution < -0.4 is 5.73 Å². The van der Waals surface area contributed by atoms with Crippen LogP contribution in [0.2, 0.25) is 0 Å². The Morgan fingerprint density at radius 1 is 1.31 bits per heavy atom. The average Bonchev–Trinajstić information content (AvgIpc) is 3.23. The van der Waals surface area contributed by atoms with Crippen LogP contribution in [0, 0.1) is 0 Å². The second-order valence-corrected chi connectivity index (χ2v) is 6.84. The average molecular weight is 360 g/mol. The molecule has 9 nitrogen and oxygen atoms in total. The Kier molecular flexibility index (Phi) is 3.76. The highest BCUT2D eigenvalue weighted by Crippen LogP contribution is 2.34. The maximum Gasteiger partial charge on any atom is 0.342 e. The molecule has 2 N–H and O–H groups in total. The molecule has 0 saturated carbocycles. The molecule has 0 amide bonds. The summed E-state index contributed by atoms with van der Waals surface area (Å²) in [6, 6.07) is 0. The molecule has 4 heterocycles. The molecular weight excluding hydrogens is 340 g/mol. The lowest BCUT2D eigenvalue weighted by Crippen LogP contribution is -2.35. The molecule has 4 rings (SSSR count). The molecule has 1 saturated heterocycles. The van der Waals surface area contributed by atoms with Crippen molar-refractivity contribution < 1.29 is 23.7 Å². The third-order valence-corrected chi connectivity index (χ3v) is 4.32. The van der Waals surface area contributed by atoms with E-state index in [0.29, 0.717) is 11.5 Å². The van der Waals surface area contributed by atoms with E-state index >= 15 is 0 Å². The summed E-state index contributed by atoms with van der Waals surface area (Å²) < 4.78 is 24.2. The summed E-state index contributed by atoms with van der Waals surface area (Å²) >= 11 is 0. The highest BCUT2D eigenvalue weighted by Gasteiger charge is 2.51. The summed E-state index contributed by atoms with van der Waals surface area (Å²) in [7, 11) is 0. The van der Waals surface area contributed by atoms with Gasteiger partial charge in [-0.3, -0.25) is 9.14 Å². The van der Waals surface area contributed by atoms with Crippen LogP contribution in [0.1, 0.15) is 32.6 Å². The van der Waals surface area contributed by atoms with Crippen molar-refractivity contribution in [1.82, 2.24) is 14.4 Å². The summed E-state index contributed by atoms with van der Waals surface area (Å²) in [6.45, 7) is 5.01. The molecule has 26 heavy (non-hydrogen) atoms. The van der Waals surface area contributed by atoms with E-state index < -0.39 is 17.5 Å². The fourth-order valence-corrected chi connectivity index (χ4v) is 3.05. The van der Waals surface area contributed by atoms with E-state index in [-0.39, 0.29) is 18.8 Å². The number of hydrogen-bond acceptors (Lipinski definition) is 8. The number of cyclic esters (lactones) is 1. The first-order valence-corrected chi connectivity index (χ1v) is 8.26. The third-order valence-electron chi connectivity index (χ3n) is 4.32. The zero-order valence-corrected chi connectivity index (χ0v) is 14.7. The summed E-state index contributed by atoms with van der Waals surface area (Å²) in [6.07, 6.45) is 8.30. The highest BCUT2D eigenvalue weighted by atomic mass is 16.9. The van der Waals surface area contributed by atoms with Crippen LogP contribution >= 0.6 is 0 Å². The highest BCUT2D eigenvalue weighted by molar-refractivity contribution is 5.80. The lowest BCUT2D eigenvalue weighted by molar-refractivity contribution is -0.333. The molecule has 0 bridgehead atoms. The van der Waals surface area contributed by atoms with Crippen LogP contribution in [0.5, 0.6) is 0 Å². The maximum atomic E-state index is 11.8. The first-order valence-electron chi connectivity index (χ1n) is 8.26. The quantitative estimate of drug-likeness (QED) is 0.643. The standard InChI is InChI=1S/C17H20N4O5/c1-16(2)15(22)25-17(3,26-16)23-9-10-4-5-12(24-10)11-8-20-14-13(18)19-6-7-21(11)14/h4-8,10,12H,9H2,1-3H3,(H2,18,19)/t10-,12+,17?/m0/s1. The molecule has 1 fully saturated rings. The molecule has 2 aliphatic rings. The van der Waals surface area contributed by atoms with Gasteiger partial charge in [0, 0.05) is 19.3 Å². The fourth-order valence-electron chi connectivity index (χ4n) is 3.05. The Balaban J connectivity index is 1.41. The normalized spacial score (nSPS) is 30.2. The number of rotatable bonds is 4. The Hall–Kier alpha value is -2.49. The van der Waals surface area contributed by atoms with Crippen LogP contribution in [0.25, 0.3) is 5.65 Å². The number of nitrogens with zero attached hydrogens (tertiary/aromatic N) is 3. The number of esters is 1. The Labute approximate surface area is 149 Å². The van der Waals surface area contributed by atoms with Crippen molar-refractivity contribution in [3.8, 4) is 0 Å². The van der Waals surface area contributed by atoms with Crippen LogP contribution in [0.4, 0.5) is 5.82 Å². The number of hydrogen-bond donors (Lipinski definition) is 1. The van der Waals surface area contributed by atoms with Gasteiger partial charge in [0.15, 0.2) is 17.1 Å². The van der Waals surface area contributed by atoms with E-state index in [9.17, 15) is 4.79 Å². The molecule has 2 aromatic heterocycles. The number of imidazole rings is 1. The van der Waals surface area contributed by atoms with Gasteiger partial charge < -0.3 is 19.9 Å². The first-order chi connectivity index (χ1) is 12.3. The van der Waals surface area contributed by atoms with Crippen LogP contribution in [-0.2, 0) is 23.7 Å². The molecule has 9 heteroatoms. The zero-order chi connectivity index (χ0) is 18.5. The Morgan fingerprint density at radius 2 is 2.12 bits per heavy atom. The third kappa shape index (κ3) is 2.83. The van der Waals surface area contributed by atoms with Gasteiger partial charge in [-0.2, -0.15) is 0 Å². The van der Waals surface area contributed by atoms with Crippen LogP contribution in [0.3, 0.4) is 0 Å². The van der Waals surface area contributed by atoms with Crippen molar-refractivity contribution in [3.05, 3.63) is 36.4 Å². The van der Waals surface area contributed by atoms with E-state index in [1.54, 1.807) is 39.4 Å². The van der Waals surface area contributed by atoms with E-state index in [2.05, 4.69) is 9.97 Å². The van der Waals surface area contributed by atoms with Gasteiger partial charge in [0.25, 0.3) is 0 Å². The van der Waals surface area contributed by atoms with Gasteiger partial charge in [-0.15, -0.1) is 0 Å². The minimum atomic E-state index is -1.42. The zero-order valence-electron chi connectivity index (χ0n) is 14.7. The number of carbonyl (C=O) groups excluding carboxylic acids is 1. The van der Waals surface area contributed by atoms with Crippen LogP contribution in [0.15, 0.2) is 30.7 Å². The predicted octanol–water partition coefficient (Wildman–Crippen LogP) is 1.35. The van der Waals surface area contributed by atoms with Gasteiger partial charge in [0.2, 0.25) is 0 Å². The molecule has 0 aromatic carbocycles. The number of fused-ring (bicyclic) bond motifs is 1. The molecular formula is C17H20N4O5. The number of carbonyl (C=O) groups is 1. The van der Waals surface area contributed by atoms with Crippen molar-refractivity contribution in [1.29, 1.82) is 0 Å². The van der Waals surface area contributed by atoms with Crippen molar-refractivity contribution in [2.24, 2.45) is 0 Å². The van der Waals surface area contributed by atoms with E-state index in [1.807, 2.05) is 16.6 Å². The summed E-state index contributed by atoms with van der Waals surface area (Å²) in [4.78, 5) is 20.1. The van der Waals surface area contributed by atoms with Crippen molar-refractivity contribution in [3.63, 3.8) is 0 Å². The van der Waals surface area contributed by atoms with E-state index in [1.165, 1.54) is 0 Å². The predicted molar refractivity (Wildman–Crippen MR) is 89.8 cm³/mol. The smallest absolute Gasteiger partial charge is 0.342 e. The van der Waals surface area contributed by atoms with Gasteiger partial charge in [-0.1, -0.05) is 12.2 Å². The van der Waals surface area contributed by atoms with Crippen molar-refractivity contribution in [2.75, 3.05) is 12.3 Å². The molecule has 0 aliphatic carbocycles. The van der Waals surface area contributed by atoms with E-state index in [0.717, 1.165) is 5.69 Å². The van der Waals surface area contributed by atoms with Gasteiger partial charge in [-0.05, 0) is 13.8 Å². The number of aromatic nitrogens is 3. The first kappa shape index (κ1) is 17.0. The van der Waals surface area contributed by atoms with Gasteiger partial charge >= 0.3 is 11.9 Å². The largest absolute Gasteiger partial charge is 0.406 e. The molecule has 0 spiro atoms. The summed E-state index contributed by atoms with van der Waals surface area (Å²) in [5.74, 6) is -1.52. The maximum absolute atomic E-state index is 11.8. The van der Waals surface area contributed by atoms with Crippen LogP contribution in [-0.4, -0.2) is 44.6 Å². The van der Waals surface area contributed by atoms with Crippen molar-refractivity contribution in [2.45, 2.75) is 44.6 Å². The summed E-state index contributed by atoms with van der Waals surface area (Å²) in [5, 5.41) is 0. The van der Waals surface area contributed by atoms with Crippen molar-refractivity contribution >= 4 is 17.4 Å². The minimum Gasteiger partial charge on any atom is -0.406 e. The lowest BCUT2D eigenvalue weighted by Gasteiger charge is -2.25. The topological polar surface area (TPSA) is 110 Å². The molecule has 0 radical (unpaired) electrons. The van der Waals surface area contributed by atoms with Gasteiger partial charge in [0.05, 0.1) is 18.5 Å². The lowest BCUT2D eigenvalue weighted by atomic mass is 10.1. The van der Waals surface area contributed by atoms with E-state index in [4.69, 9.17) is 24.7 Å². The fraction of sp³-hybridized carbons (Fsp3) is 0.471.